The van der Waals surface area contributed by atoms with Crippen molar-refractivity contribution in [3.63, 3.8) is 0 Å². The second-order valence-electron chi connectivity index (χ2n) is 5.38. The van der Waals surface area contributed by atoms with E-state index in [4.69, 9.17) is 16.3 Å². The van der Waals surface area contributed by atoms with E-state index in [9.17, 15) is 4.79 Å². The number of amides is 1. The monoisotopic (exact) mass is 321 g/mol. The zero-order valence-electron chi connectivity index (χ0n) is 12.3. The van der Waals surface area contributed by atoms with Crippen LogP contribution in [0.2, 0.25) is 5.02 Å². The Morgan fingerprint density at radius 1 is 1.32 bits per heavy atom. The number of carbonyl (C=O) groups excluding carboxylic acids is 1. The van der Waals surface area contributed by atoms with Crippen molar-refractivity contribution in [1.29, 1.82) is 0 Å². The fraction of sp³-hybridized carbons (Fsp3) is 0.429. The molecule has 0 saturated carbocycles. The van der Waals surface area contributed by atoms with Crippen molar-refractivity contribution >= 4 is 17.5 Å². The molecule has 22 heavy (non-hydrogen) atoms. The number of hydrogen-bond acceptors (Lipinski definition) is 5. The van der Waals surface area contributed by atoms with Crippen molar-refractivity contribution in [3.8, 4) is 5.69 Å². The zero-order chi connectivity index (χ0) is 15.7. The standard InChI is InChI=1S/C14H16ClN5O2/c1-9-6-19(7-10(2)22-9)14(21)12-5-11(15)3-4-13(12)20-8-16-17-18-20/h3-5,8-10H,6-7H2,1-2H3/t9-,10+. The molecule has 2 atom stereocenters. The van der Waals surface area contributed by atoms with Crippen LogP contribution in [-0.2, 0) is 4.74 Å². The molecule has 2 heterocycles. The number of morpholine rings is 1. The van der Waals surface area contributed by atoms with Gasteiger partial charge >= 0.3 is 0 Å². The van der Waals surface area contributed by atoms with Gasteiger partial charge < -0.3 is 9.64 Å². The van der Waals surface area contributed by atoms with E-state index in [-0.39, 0.29) is 18.1 Å². The Hall–Kier alpha value is -1.99. The molecule has 0 N–H and O–H groups in total. The largest absolute Gasteiger partial charge is 0.372 e. The fourth-order valence-electron chi connectivity index (χ4n) is 2.67. The van der Waals surface area contributed by atoms with Crippen molar-refractivity contribution in [1.82, 2.24) is 25.1 Å². The molecule has 0 bridgehead atoms. The van der Waals surface area contributed by atoms with Crippen LogP contribution in [0.3, 0.4) is 0 Å². The van der Waals surface area contributed by atoms with Crippen molar-refractivity contribution in [2.75, 3.05) is 13.1 Å². The summed E-state index contributed by atoms with van der Waals surface area (Å²) in [6.45, 7) is 5.00. The lowest BCUT2D eigenvalue weighted by atomic mass is 10.1. The highest BCUT2D eigenvalue weighted by molar-refractivity contribution is 6.31. The van der Waals surface area contributed by atoms with E-state index < -0.39 is 0 Å². The average Bonchev–Trinajstić information content (AvgIpc) is 2.99. The molecule has 8 heteroatoms. The highest BCUT2D eigenvalue weighted by Gasteiger charge is 2.28. The third-order valence-electron chi connectivity index (χ3n) is 3.49. The predicted octanol–water partition coefficient (Wildman–Crippen LogP) is 1.57. The summed E-state index contributed by atoms with van der Waals surface area (Å²) in [5, 5.41) is 11.6. The molecule has 1 amide bonds. The normalized spacial score (nSPS) is 21.9. The molecule has 0 aliphatic carbocycles. The SMILES string of the molecule is C[C@@H]1CN(C(=O)c2cc(Cl)ccc2-n2cnnn2)C[C@H](C)O1. The van der Waals surface area contributed by atoms with Gasteiger partial charge in [-0.2, -0.15) is 4.68 Å². The van der Waals surface area contributed by atoms with Crippen LogP contribution in [0, 0.1) is 0 Å². The van der Waals surface area contributed by atoms with Gasteiger partial charge in [0.1, 0.15) is 6.33 Å². The summed E-state index contributed by atoms with van der Waals surface area (Å²) in [5.41, 5.74) is 1.08. The molecule has 0 unspecified atom stereocenters. The third kappa shape index (κ3) is 2.95. The number of rotatable bonds is 2. The summed E-state index contributed by atoms with van der Waals surface area (Å²) in [7, 11) is 0. The number of aromatic nitrogens is 4. The van der Waals surface area contributed by atoms with Crippen LogP contribution in [-0.4, -0.2) is 56.3 Å². The summed E-state index contributed by atoms with van der Waals surface area (Å²) in [6.07, 6.45) is 1.46. The van der Waals surface area contributed by atoms with Gasteiger partial charge in [-0.25, -0.2) is 0 Å². The number of halogens is 1. The maximum Gasteiger partial charge on any atom is 0.256 e. The van der Waals surface area contributed by atoms with Crippen molar-refractivity contribution < 1.29 is 9.53 Å². The number of hydrogen-bond donors (Lipinski definition) is 0. The van der Waals surface area contributed by atoms with Gasteiger partial charge in [0.15, 0.2) is 0 Å². The van der Waals surface area contributed by atoms with Gasteiger partial charge in [-0.05, 0) is 42.5 Å². The van der Waals surface area contributed by atoms with Gasteiger partial charge in [-0.3, -0.25) is 4.79 Å². The van der Waals surface area contributed by atoms with Gasteiger partial charge in [-0.1, -0.05) is 11.6 Å². The van der Waals surface area contributed by atoms with E-state index in [2.05, 4.69) is 15.5 Å². The lowest BCUT2D eigenvalue weighted by molar-refractivity contribution is -0.0586. The molecule has 2 aromatic rings. The van der Waals surface area contributed by atoms with Gasteiger partial charge in [-0.15, -0.1) is 5.10 Å². The number of benzene rings is 1. The molecule has 116 valence electrons. The van der Waals surface area contributed by atoms with Crippen molar-refractivity contribution in [2.45, 2.75) is 26.1 Å². The fourth-order valence-corrected chi connectivity index (χ4v) is 2.84. The van der Waals surface area contributed by atoms with Crippen LogP contribution < -0.4 is 0 Å². The molecule has 1 saturated heterocycles. The molecule has 0 spiro atoms. The topological polar surface area (TPSA) is 73.1 Å². The molecule has 1 aliphatic rings. The van der Waals surface area contributed by atoms with Gasteiger partial charge in [0, 0.05) is 18.1 Å². The first kappa shape index (κ1) is 14.9. The molecular weight excluding hydrogens is 306 g/mol. The van der Waals surface area contributed by atoms with E-state index in [1.165, 1.54) is 11.0 Å². The minimum absolute atomic E-state index is 0.00312. The molecule has 1 aliphatic heterocycles. The Labute approximate surface area is 132 Å². The molecular formula is C14H16ClN5O2. The summed E-state index contributed by atoms with van der Waals surface area (Å²) in [6, 6.07) is 5.09. The smallest absolute Gasteiger partial charge is 0.256 e. The zero-order valence-corrected chi connectivity index (χ0v) is 13.1. The molecule has 3 rings (SSSR count). The predicted molar refractivity (Wildman–Crippen MR) is 80.1 cm³/mol. The quantitative estimate of drug-likeness (QED) is 0.839. The molecule has 0 radical (unpaired) electrons. The maximum absolute atomic E-state index is 12.9. The van der Waals surface area contributed by atoms with Crippen LogP contribution in [0.5, 0.6) is 0 Å². The Morgan fingerprint density at radius 2 is 2.05 bits per heavy atom. The molecule has 1 fully saturated rings. The lowest BCUT2D eigenvalue weighted by Gasteiger charge is -2.35. The Bertz CT molecular complexity index is 666. The summed E-state index contributed by atoms with van der Waals surface area (Å²) < 4.78 is 7.13. The molecule has 1 aromatic heterocycles. The van der Waals surface area contributed by atoms with Gasteiger partial charge in [0.05, 0.1) is 23.5 Å². The van der Waals surface area contributed by atoms with E-state index in [1.54, 1.807) is 23.1 Å². The van der Waals surface area contributed by atoms with Gasteiger partial charge in [0.25, 0.3) is 5.91 Å². The molecule has 7 nitrogen and oxygen atoms in total. The van der Waals surface area contributed by atoms with Crippen molar-refractivity contribution in [3.05, 3.63) is 35.1 Å². The van der Waals surface area contributed by atoms with E-state index in [0.29, 0.717) is 29.4 Å². The van der Waals surface area contributed by atoms with Crippen LogP contribution in [0.15, 0.2) is 24.5 Å². The van der Waals surface area contributed by atoms with Crippen LogP contribution in [0.4, 0.5) is 0 Å². The lowest BCUT2D eigenvalue weighted by Crippen LogP contribution is -2.48. The Morgan fingerprint density at radius 3 is 2.68 bits per heavy atom. The number of tetrazole rings is 1. The third-order valence-corrected chi connectivity index (χ3v) is 3.73. The minimum Gasteiger partial charge on any atom is -0.372 e. The van der Waals surface area contributed by atoms with Gasteiger partial charge in [0.2, 0.25) is 0 Å². The number of nitrogens with zero attached hydrogens (tertiary/aromatic N) is 5. The average molecular weight is 322 g/mol. The summed E-state index contributed by atoms with van der Waals surface area (Å²) in [5.74, 6) is -0.102. The highest BCUT2D eigenvalue weighted by Crippen LogP contribution is 2.22. The van der Waals surface area contributed by atoms with E-state index >= 15 is 0 Å². The summed E-state index contributed by atoms with van der Waals surface area (Å²) >= 11 is 6.06. The Balaban J connectivity index is 1.96. The van der Waals surface area contributed by atoms with Crippen LogP contribution in [0.1, 0.15) is 24.2 Å². The summed E-state index contributed by atoms with van der Waals surface area (Å²) in [4.78, 5) is 14.7. The minimum atomic E-state index is -0.102. The second-order valence-corrected chi connectivity index (χ2v) is 5.82. The van der Waals surface area contributed by atoms with E-state index in [0.717, 1.165) is 0 Å². The first-order valence-corrected chi connectivity index (χ1v) is 7.40. The Kier molecular flexibility index (Phi) is 4.08. The number of ether oxygens (including phenoxy) is 1. The molecule has 1 aromatic carbocycles. The first-order valence-electron chi connectivity index (χ1n) is 7.02. The highest BCUT2D eigenvalue weighted by atomic mass is 35.5. The van der Waals surface area contributed by atoms with Crippen LogP contribution in [0.25, 0.3) is 5.69 Å². The van der Waals surface area contributed by atoms with E-state index in [1.807, 2.05) is 13.8 Å². The first-order chi connectivity index (χ1) is 10.5. The second kappa shape index (κ2) is 6.02. The number of carbonyl (C=O) groups is 1. The van der Waals surface area contributed by atoms with Crippen LogP contribution >= 0.6 is 11.6 Å². The maximum atomic E-state index is 12.9. The van der Waals surface area contributed by atoms with Crippen molar-refractivity contribution in [2.24, 2.45) is 0 Å².